The van der Waals surface area contributed by atoms with Gasteiger partial charge >= 0.3 is 5.97 Å². The normalized spacial score (nSPS) is 11.1. The lowest BCUT2D eigenvalue weighted by atomic mass is 10.1. The molecule has 2 aromatic rings. The van der Waals surface area contributed by atoms with Crippen molar-refractivity contribution in [2.24, 2.45) is 0 Å². The molecule has 0 atom stereocenters. The Balaban J connectivity index is 2.53. The number of H-pyrrole nitrogens is 1. The molecule has 1 aromatic heterocycles. The zero-order valence-electron chi connectivity index (χ0n) is 11.0. The summed E-state index contributed by atoms with van der Waals surface area (Å²) in [6.45, 7) is 3.00. The number of fused-ring (bicyclic) bond motifs is 1. The predicted molar refractivity (Wildman–Crippen MR) is 70.8 cm³/mol. The maximum atomic E-state index is 12.0. The van der Waals surface area contributed by atoms with Crippen molar-refractivity contribution in [3.05, 3.63) is 35.5 Å². The topological polar surface area (TPSA) is 46.5 Å². The second kappa shape index (κ2) is 5.23. The van der Waals surface area contributed by atoms with Gasteiger partial charge in [0.15, 0.2) is 0 Å². The second-order valence-electron chi connectivity index (χ2n) is 4.63. The van der Waals surface area contributed by atoms with Crippen LogP contribution in [0.4, 0.5) is 0 Å². The van der Waals surface area contributed by atoms with Crippen molar-refractivity contribution in [1.82, 2.24) is 4.98 Å². The summed E-state index contributed by atoms with van der Waals surface area (Å²) in [5.74, 6) is -0.273. The number of nitrogens with one attached hydrogen (secondary N) is 2. The maximum Gasteiger partial charge on any atom is 0.355 e. The lowest BCUT2D eigenvalue weighted by molar-refractivity contribution is -0.872. The van der Waals surface area contributed by atoms with Crippen LogP contribution in [0.2, 0.25) is 0 Å². The minimum absolute atomic E-state index is 0.273. The van der Waals surface area contributed by atoms with E-state index in [9.17, 15) is 4.79 Å². The van der Waals surface area contributed by atoms with Crippen LogP contribution in [0.25, 0.3) is 10.9 Å². The highest BCUT2D eigenvalue weighted by atomic mass is 16.5. The van der Waals surface area contributed by atoms with Gasteiger partial charge < -0.3 is 14.6 Å². The van der Waals surface area contributed by atoms with Crippen LogP contribution in [0.5, 0.6) is 0 Å². The third kappa shape index (κ3) is 2.38. The summed E-state index contributed by atoms with van der Waals surface area (Å²) in [5.41, 5.74) is 2.60. The molecule has 0 radical (unpaired) electrons. The Morgan fingerprint density at radius 3 is 2.72 bits per heavy atom. The quantitative estimate of drug-likeness (QED) is 0.791. The van der Waals surface area contributed by atoms with Gasteiger partial charge in [-0.1, -0.05) is 18.2 Å². The summed E-state index contributed by atoms with van der Waals surface area (Å²) in [6.07, 6.45) is 0. The van der Waals surface area contributed by atoms with Crippen LogP contribution >= 0.6 is 0 Å². The molecule has 0 saturated heterocycles. The Labute approximate surface area is 107 Å². The molecule has 0 bridgehead atoms. The molecule has 4 heteroatoms. The minimum atomic E-state index is -0.273. The van der Waals surface area contributed by atoms with Crippen molar-refractivity contribution in [2.75, 3.05) is 20.7 Å². The van der Waals surface area contributed by atoms with Crippen LogP contribution in [-0.2, 0) is 11.3 Å². The van der Waals surface area contributed by atoms with Crippen molar-refractivity contribution in [3.63, 3.8) is 0 Å². The van der Waals surface area contributed by atoms with Crippen LogP contribution < -0.4 is 4.90 Å². The molecule has 0 fully saturated rings. The molecular weight excluding hydrogens is 228 g/mol. The first-order valence-corrected chi connectivity index (χ1v) is 6.19. The van der Waals surface area contributed by atoms with Crippen molar-refractivity contribution in [1.29, 1.82) is 0 Å². The fraction of sp³-hybridized carbons (Fsp3) is 0.357. The molecule has 2 N–H and O–H groups in total. The third-order valence-corrected chi connectivity index (χ3v) is 2.82. The Bertz CT molecular complexity index is 558. The SMILES string of the molecule is CCOC(=O)c1[nH]c2ccccc2c1C[NH+](C)C. The van der Waals surface area contributed by atoms with E-state index in [0.717, 1.165) is 23.0 Å². The van der Waals surface area contributed by atoms with E-state index in [4.69, 9.17) is 4.74 Å². The number of aromatic nitrogens is 1. The lowest BCUT2D eigenvalue weighted by Crippen LogP contribution is -3.04. The van der Waals surface area contributed by atoms with Gasteiger partial charge in [-0.05, 0) is 13.0 Å². The number of hydrogen-bond donors (Lipinski definition) is 2. The molecule has 4 nitrogen and oxygen atoms in total. The van der Waals surface area contributed by atoms with Gasteiger partial charge in [0, 0.05) is 16.5 Å². The monoisotopic (exact) mass is 247 g/mol. The average Bonchev–Trinajstić information content (AvgIpc) is 2.68. The number of rotatable bonds is 4. The van der Waals surface area contributed by atoms with E-state index in [1.54, 1.807) is 0 Å². The van der Waals surface area contributed by atoms with Crippen LogP contribution in [-0.4, -0.2) is 31.7 Å². The van der Waals surface area contributed by atoms with Crippen molar-refractivity contribution in [2.45, 2.75) is 13.5 Å². The van der Waals surface area contributed by atoms with Gasteiger partial charge in [0.1, 0.15) is 12.2 Å². The largest absolute Gasteiger partial charge is 0.461 e. The first-order chi connectivity index (χ1) is 8.63. The smallest absolute Gasteiger partial charge is 0.355 e. The Hall–Kier alpha value is -1.81. The van der Waals surface area contributed by atoms with Gasteiger partial charge in [-0.15, -0.1) is 0 Å². The molecule has 96 valence electrons. The number of aromatic amines is 1. The molecule has 0 amide bonds. The molecule has 0 saturated carbocycles. The maximum absolute atomic E-state index is 12.0. The number of hydrogen-bond acceptors (Lipinski definition) is 2. The molecule has 18 heavy (non-hydrogen) atoms. The highest BCUT2D eigenvalue weighted by molar-refractivity contribution is 5.98. The first-order valence-electron chi connectivity index (χ1n) is 6.19. The van der Waals surface area contributed by atoms with E-state index in [2.05, 4.69) is 19.1 Å². The van der Waals surface area contributed by atoms with E-state index < -0.39 is 0 Å². The van der Waals surface area contributed by atoms with E-state index in [0.29, 0.717) is 12.3 Å². The number of benzene rings is 1. The van der Waals surface area contributed by atoms with Crippen molar-refractivity contribution < 1.29 is 14.4 Å². The minimum Gasteiger partial charge on any atom is -0.461 e. The molecule has 2 rings (SSSR count). The Morgan fingerprint density at radius 1 is 1.33 bits per heavy atom. The third-order valence-electron chi connectivity index (χ3n) is 2.82. The molecule has 1 aromatic carbocycles. The highest BCUT2D eigenvalue weighted by Crippen LogP contribution is 2.22. The summed E-state index contributed by atoms with van der Waals surface area (Å²) in [7, 11) is 4.13. The predicted octanol–water partition coefficient (Wildman–Crippen LogP) is 0.989. The number of carbonyl (C=O) groups is 1. The van der Waals surface area contributed by atoms with Crippen LogP contribution in [0.3, 0.4) is 0 Å². The van der Waals surface area contributed by atoms with Gasteiger partial charge in [-0.2, -0.15) is 0 Å². The second-order valence-corrected chi connectivity index (χ2v) is 4.63. The standard InChI is InChI=1S/C14H18N2O2/c1-4-18-14(17)13-11(9-16(2)3)10-7-5-6-8-12(10)15-13/h5-8,15H,4,9H2,1-3H3/p+1. The van der Waals surface area contributed by atoms with Gasteiger partial charge in [-0.3, -0.25) is 0 Å². The highest BCUT2D eigenvalue weighted by Gasteiger charge is 2.20. The zero-order valence-corrected chi connectivity index (χ0v) is 11.0. The molecular formula is C14H19N2O2+. The molecule has 1 heterocycles. The molecule has 0 unspecified atom stereocenters. The zero-order chi connectivity index (χ0) is 13.1. The fourth-order valence-corrected chi connectivity index (χ4v) is 2.11. The summed E-state index contributed by atoms with van der Waals surface area (Å²) in [5, 5.41) is 1.10. The number of esters is 1. The summed E-state index contributed by atoms with van der Waals surface area (Å²) >= 11 is 0. The van der Waals surface area contributed by atoms with E-state index in [-0.39, 0.29) is 5.97 Å². The number of quaternary nitrogens is 1. The molecule has 0 spiro atoms. The fourth-order valence-electron chi connectivity index (χ4n) is 2.11. The van der Waals surface area contributed by atoms with E-state index in [1.165, 1.54) is 4.90 Å². The van der Waals surface area contributed by atoms with Gasteiger partial charge in [0.05, 0.1) is 20.7 Å². The first kappa shape index (κ1) is 12.6. The van der Waals surface area contributed by atoms with Crippen LogP contribution in [0.1, 0.15) is 23.0 Å². The molecule has 0 aliphatic heterocycles. The van der Waals surface area contributed by atoms with Crippen molar-refractivity contribution in [3.8, 4) is 0 Å². The van der Waals surface area contributed by atoms with E-state index in [1.807, 2.05) is 31.2 Å². The van der Waals surface area contributed by atoms with Gasteiger partial charge in [-0.25, -0.2) is 4.79 Å². The van der Waals surface area contributed by atoms with Gasteiger partial charge in [0.2, 0.25) is 0 Å². The van der Waals surface area contributed by atoms with Gasteiger partial charge in [0.25, 0.3) is 0 Å². The van der Waals surface area contributed by atoms with Crippen LogP contribution in [0, 0.1) is 0 Å². The summed E-state index contributed by atoms with van der Waals surface area (Å²) in [4.78, 5) is 16.4. The average molecular weight is 247 g/mol. The molecule has 0 aliphatic carbocycles. The van der Waals surface area contributed by atoms with Crippen LogP contribution in [0.15, 0.2) is 24.3 Å². The Kier molecular flexibility index (Phi) is 3.67. The summed E-state index contributed by atoms with van der Waals surface area (Å²) in [6, 6.07) is 7.96. The number of ether oxygens (including phenoxy) is 1. The van der Waals surface area contributed by atoms with Crippen molar-refractivity contribution >= 4 is 16.9 Å². The van der Waals surface area contributed by atoms with E-state index >= 15 is 0 Å². The molecule has 0 aliphatic rings. The summed E-state index contributed by atoms with van der Waals surface area (Å²) < 4.78 is 5.10. The Morgan fingerprint density at radius 2 is 2.06 bits per heavy atom. The lowest BCUT2D eigenvalue weighted by Gasteiger charge is -2.08. The number of para-hydroxylation sites is 1. The number of carbonyl (C=O) groups excluding carboxylic acids is 1.